The van der Waals surface area contributed by atoms with Crippen LogP contribution in [0.2, 0.25) is 0 Å². The van der Waals surface area contributed by atoms with Crippen LogP contribution in [0.1, 0.15) is 32.1 Å². The summed E-state index contributed by atoms with van der Waals surface area (Å²) < 4.78 is 5.02. The lowest BCUT2D eigenvalue weighted by molar-refractivity contribution is 0.202. The fourth-order valence-corrected chi connectivity index (χ4v) is 1.55. The number of methoxy groups -OCH3 is 1. The van der Waals surface area contributed by atoms with Crippen molar-refractivity contribution in [3.63, 3.8) is 0 Å². The minimum atomic E-state index is 0.802. The largest absolute Gasteiger partial charge is 0.384 e. The van der Waals surface area contributed by atoms with E-state index in [0.29, 0.717) is 0 Å². The quantitative estimate of drug-likeness (QED) is 0.623. The van der Waals surface area contributed by atoms with Crippen molar-refractivity contribution in [1.29, 1.82) is 0 Å². The van der Waals surface area contributed by atoms with Crippen LogP contribution in [-0.4, -0.2) is 13.7 Å². The molecule has 0 bridgehead atoms. The van der Waals surface area contributed by atoms with Gasteiger partial charge in [0, 0.05) is 7.11 Å². The van der Waals surface area contributed by atoms with Gasteiger partial charge in [-0.2, -0.15) is 0 Å². The van der Waals surface area contributed by atoms with Crippen LogP contribution in [0.25, 0.3) is 0 Å². The zero-order valence-corrected chi connectivity index (χ0v) is 7.94. The molecule has 0 fully saturated rings. The fourth-order valence-electron chi connectivity index (χ4n) is 1.55. The highest BCUT2D eigenvalue weighted by molar-refractivity contribution is 5.29. The van der Waals surface area contributed by atoms with Crippen molar-refractivity contribution >= 4 is 0 Å². The molecule has 68 valence electrons. The van der Waals surface area contributed by atoms with Crippen LogP contribution in [0, 0.1) is 0 Å². The minimum absolute atomic E-state index is 0.802. The molecule has 1 aliphatic rings. The summed E-state index contributed by atoms with van der Waals surface area (Å²) in [5.41, 5.74) is 2.75. The van der Waals surface area contributed by atoms with E-state index in [1.807, 2.05) is 0 Å². The van der Waals surface area contributed by atoms with E-state index in [-0.39, 0.29) is 0 Å². The molecular weight excluding hydrogens is 148 g/mol. The van der Waals surface area contributed by atoms with Crippen LogP contribution in [0.5, 0.6) is 0 Å². The molecule has 1 heteroatoms. The van der Waals surface area contributed by atoms with E-state index in [1.54, 1.807) is 7.11 Å². The maximum atomic E-state index is 5.02. The number of hydrogen-bond donors (Lipinski definition) is 0. The third kappa shape index (κ3) is 2.82. The summed E-state index contributed by atoms with van der Waals surface area (Å²) in [6.45, 7) is 4.87. The molecule has 0 N–H and O–H groups in total. The highest BCUT2D eigenvalue weighted by atomic mass is 16.5. The molecule has 0 aliphatic heterocycles. The van der Waals surface area contributed by atoms with Crippen LogP contribution in [0.3, 0.4) is 0 Å². The first kappa shape index (κ1) is 9.53. The van der Waals surface area contributed by atoms with E-state index >= 15 is 0 Å². The van der Waals surface area contributed by atoms with Crippen molar-refractivity contribution in [2.45, 2.75) is 32.1 Å². The van der Waals surface area contributed by atoms with Crippen LogP contribution in [0.15, 0.2) is 23.8 Å². The highest BCUT2D eigenvalue weighted by Crippen LogP contribution is 2.24. The van der Waals surface area contributed by atoms with Gasteiger partial charge in [-0.15, -0.1) is 0 Å². The molecule has 0 saturated carbocycles. The smallest absolute Gasteiger partial charge is 0.0502 e. The van der Waals surface area contributed by atoms with Gasteiger partial charge in [0.05, 0.1) is 6.61 Å². The molecule has 1 rings (SSSR count). The predicted octanol–water partition coefficient (Wildman–Crippen LogP) is 3.08. The Bertz CT molecular complexity index is 179. The minimum Gasteiger partial charge on any atom is -0.384 e. The monoisotopic (exact) mass is 166 g/mol. The van der Waals surface area contributed by atoms with Crippen molar-refractivity contribution < 1.29 is 4.74 Å². The van der Waals surface area contributed by atoms with Crippen LogP contribution < -0.4 is 0 Å². The molecule has 12 heavy (non-hydrogen) atoms. The summed E-state index contributed by atoms with van der Waals surface area (Å²) in [4.78, 5) is 0. The maximum Gasteiger partial charge on any atom is 0.0502 e. The average molecular weight is 166 g/mol. The van der Waals surface area contributed by atoms with Gasteiger partial charge in [-0.25, -0.2) is 0 Å². The molecule has 1 aliphatic carbocycles. The molecular formula is C11H18O. The van der Waals surface area contributed by atoms with Crippen molar-refractivity contribution in [2.24, 2.45) is 0 Å². The van der Waals surface area contributed by atoms with Gasteiger partial charge in [0.1, 0.15) is 0 Å². The molecule has 0 amide bonds. The average Bonchev–Trinajstić information content (AvgIpc) is 2.15. The highest BCUT2D eigenvalue weighted by Gasteiger charge is 2.06. The molecule has 0 aromatic rings. The Hall–Kier alpha value is -0.560. The Morgan fingerprint density at radius 2 is 2.42 bits per heavy atom. The Labute approximate surface area is 75.1 Å². The van der Waals surface area contributed by atoms with E-state index in [4.69, 9.17) is 4.74 Å². The third-order valence-corrected chi connectivity index (χ3v) is 2.35. The Kier molecular flexibility index (Phi) is 4.09. The molecule has 1 nitrogen and oxygen atoms in total. The Morgan fingerprint density at radius 1 is 1.58 bits per heavy atom. The number of ether oxygens (including phenoxy) is 1. The SMILES string of the molecule is C=C(CCOC)C1=CCCCC1. The van der Waals surface area contributed by atoms with Gasteiger partial charge in [-0.05, 0) is 37.7 Å². The zero-order valence-electron chi connectivity index (χ0n) is 7.94. The number of rotatable bonds is 4. The summed E-state index contributed by atoms with van der Waals surface area (Å²) in [5.74, 6) is 0. The number of allylic oxidation sites excluding steroid dienone is 2. The first-order chi connectivity index (χ1) is 5.84. The van der Waals surface area contributed by atoms with Gasteiger partial charge in [-0.3, -0.25) is 0 Å². The molecule has 0 heterocycles. The lowest BCUT2D eigenvalue weighted by atomic mass is 9.93. The van der Waals surface area contributed by atoms with E-state index in [1.165, 1.54) is 36.8 Å². The van der Waals surface area contributed by atoms with E-state index in [9.17, 15) is 0 Å². The summed E-state index contributed by atoms with van der Waals surface area (Å²) in [6.07, 6.45) is 8.46. The van der Waals surface area contributed by atoms with Crippen molar-refractivity contribution in [2.75, 3.05) is 13.7 Å². The Balaban J connectivity index is 2.35. The zero-order chi connectivity index (χ0) is 8.81. The first-order valence-corrected chi connectivity index (χ1v) is 4.70. The van der Waals surface area contributed by atoms with Gasteiger partial charge in [0.15, 0.2) is 0 Å². The standard InChI is InChI=1S/C11H18O/c1-10(8-9-12-2)11-6-4-3-5-7-11/h6H,1,3-5,7-9H2,2H3. The second-order valence-corrected chi connectivity index (χ2v) is 3.32. The maximum absolute atomic E-state index is 5.02. The van der Waals surface area contributed by atoms with Crippen LogP contribution in [0.4, 0.5) is 0 Å². The second-order valence-electron chi connectivity index (χ2n) is 3.32. The summed E-state index contributed by atoms with van der Waals surface area (Å²) >= 11 is 0. The predicted molar refractivity (Wildman–Crippen MR) is 52.2 cm³/mol. The normalized spacial score (nSPS) is 17.2. The molecule has 0 radical (unpaired) electrons. The van der Waals surface area contributed by atoms with Gasteiger partial charge in [0.2, 0.25) is 0 Å². The van der Waals surface area contributed by atoms with E-state index < -0.39 is 0 Å². The molecule has 0 spiro atoms. The van der Waals surface area contributed by atoms with Gasteiger partial charge >= 0.3 is 0 Å². The number of hydrogen-bond acceptors (Lipinski definition) is 1. The lowest BCUT2D eigenvalue weighted by Gasteiger charge is -2.14. The van der Waals surface area contributed by atoms with E-state index in [2.05, 4.69) is 12.7 Å². The first-order valence-electron chi connectivity index (χ1n) is 4.70. The van der Waals surface area contributed by atoms with Gasteiger partial charge < -0.3 is 4.74 Å². The molecule has 0 unspecified atom stereocenters. The lowest BCUT2D eigenvalue weighted by Crippen LogP contribution is -1.98. The molecule has 0 atom stereocenters. The van der Waals surface area contributed by atoms with Crippen molar-refractivity contribution in [3.8, 4) is 0 Å². The van der Waals surface area contributed by atoms with Crippen molar-refractivity contribution in [3.05, 3.63) is 23.8 Å². The van der Waals surface area contributed by atoms with E-state index in [0.717, 1.165) is 13.0 Å². The second kappa shape index (κ2) is 5.15. The fraction of sp³-hybridized carbons (Fsp3) is 0.636. The summed E-state index contributed by atoms with van der Waals surface area (Å²) in [6, 6.07) is 0. The molecule has 0 aromatic carbocycles. The summed E-state index contributed by atoms with van der Waals surface area (Å²) in [5, 5.41) is 0. The van der Waals surface area contributed by atoms with Crippen LogP contribution in [-0.2, 0) is 4.74 Å². The third-order valence-electron chi connectivity index (χ3n) is 2.35. The van der Waals surface area contributed by atoms with Gasteiger partial charge in [-0.1, -0.05) is 18.2 Å². The topological polar surface area (TPSA) is 9.23 Å². The summed E-state index contributed by atoms with van der Waals surface area (Å²) in [7, 11) is 1.74. The van der Waals surface area contributed by atoms with Crippen molar-refractivity contribution in [1.82, 2.24) is 0 Å². The molecule has 0 aromatic heterocycles. The van der Waals surface area contributed by atoms with Gasteiger partial charge in [0.25, 0.3) is 0 Å². The molecule has 0 saturated heterocycles. The van der Waals surface area contributed by atoms with Crippen LogP contribution >= 0.6 is 0 Å². The Morgan fingerprint density at radius 3 is 3.00 bits per heavy atom.